The van der Waals surface area contributed by atoms with Crippen LogP contribution in [-0.2, 0) is 16.6 Å². The molecular formula is C19H20F2N2O4S. The number of carbonyl (C=O) groups is 1. The maximum Gasteiger partial charge on any atom is 0.253 e. The van der Waals surface area contributed by atoms with Crippen LogP contribution in [0, 0.1) is 11.6 Å². The summed E-state index contributed by atoms with van der Waals surface area (Å²) in [6.45, 7) is -0.0978. The molecule has 1 aliphatic carbocycles. The lowest BCUT2D eigenvalue weighted by molar-refractivity contribution is 0.0783. The Kier molecular flexibility index (Phi) is 5.66. The summed E-state index contributed by atoms with van der Waals surface area (Å²) in [5, 5.41) is 0. The Morgan fingerprint density at radius 2 is 1.93 bits per heavy atom. The van der Waals surface area contributed by atoms with Crippen LogP contribution in [0.4, 0.5) is 8.78 Å². The van der Waals surface area contributed by atoms with Crippen molar-refractivity contribution in [3.05, 3.63) is 59.2 Å². The van der Waals surface area contributed by atoms with Crippen molar-refractivity contribution in [2.45, 2.75) is 30.3 Å². The third-order valence-corrected chi connectivity index (χ3v) is 5.91. The Bertz CT molecular complexity index is 1010. The molecule has 1 fully saturated rings. The maximum atomic E-state index is 13.8. The monoisotopic (exact) mass is 410 g/mol. The van der Waals surface area contributed by atoms with Crippen molar-refractivity contribution in [3.8, 4) is 5.75 Å². The molecule has 0 radical (unpaired) electrons. The minimum atomic E-state index is -3.84. The zero-order valence-electron chi connectivity index (χ0n) is 15.4. The zero-order chi connectivity index (χ0) is 20.5. The van der Waals surface area contributed by atoms with E-state index in [9.17, 15) is 22.0 Å². The molecule has 2 aromatic rings. The molecular weight excluding hydrogens is 390 g/mol. The van der Waals surface area contributed by atoms with Gasteiger partial charge in [-0.3, -0.25) is 4.79 Å². The standard InChI is InChI=1S/C19H20F2N2O4S/c1-23(11-13-3-5-14(20)10-16(13)21)19(24)12-4-8-17(27-2)18(9-12)28(25,26)22-15-6-7-15/h3-5,8-10,15,22H,6-7,11H2,1-2H3. The number of hydrogen-bond donors (Lipinski definition) is 1. The summed E-state index contributed by atoms with van der Waals surface area (Å²) in [5.74, 6) is -1.85. The van der Waals surface area contributed by atoms with E-state index in [1.807, 2.05) is 0 Å². The van der Waals surface area contributed by atoms with E-state index in [1.165, 1.54) is 43.3 Å². The number of amides is 1. The van der Waals surface area contributed by atoms with Crippen LogP contribution in [0.25, 0.3) is 0 Å². The van der Waals surface area contributed by atoms with Crippen LogP contribution < -0.4 is 9.46 Å². The molecule has 28 heavy (non-hydrogen) atoms. The van der Waals surface area contributed by atoms with Crippen molar-refractivity contribution in [1.82, 2.24) is 9.62 Å². The number of rotatable bonds is 7. The first-order chi connectivity index (χ1) is 13.2. The predicted molar refractivity (Wildman–Crippen MR) is 98.5 cm³/mol. The molecule has 0 bridgehead atoms. The number of halogens is 2. The first-order valence-corrected chi connectivity index (χ1v) is 10.1. The van der Waals surface area contributed by atoms with Crippen molar-refractivity contribution in [2.75, 3.05) is 14.2 Å². The molecule has 0 unspecified atom stereocenters. The average Bonchev–Trinajstić information content (AvgIpc) is 3.46. The van der Waals surface area contributed by atoms with E-state index >= 15 is 0 Å². The van der Waals surface area contributed by atoms with E-state index in [2.05, 4.69) is 4.72 Å². The number of benzene rings is 2. The van der Waals surface area contributed by atoms with Gasteiger partial charge in [0.05, 0.1) is 7.11 Å². The maximum absolute atomic E-state index is 13.8. The Hall–Kier alpha value is -2.52. The molecule has 3 rings (SSSR count). The van der Waals surface area contributed by atoms with Gasteiger partial charge in [0.1, 0.15) is 22.3 Å². The Morgan fingerprint density at radius 3 is 2.54 bits per heavy atom. The van der Waals surface area contributed by atoms with Crippen LogP contribution in [0.3, 0.4) is 0 Å². The van der Waals surface area contributed by atoms with Crippen LogP contribution in [0.2, 0.25) is 0 Å². The molecule has 0 heterocycles. The number of nitrogens with one attached hydrogen (secondary N) is 1. The molecule has 1 N–H and O–H groups in total. The quantitative estimate of drug-likeness (QED) is 0.762. The summed E-state index contributed by atoms with van der Waals surface area (Å²) in [7, 11) is -1.05. The molecule has 6 nitrogen and oxygen atoms in total. The van der Waals surface area contributed by atoms with Gasteiger partial charge in [0.15, 0.2) is 0 Å². The second kappa shape index (κ2) is 7.84. The van der Waals surface area contributed by atoms with Gasteiger partial charge in [-0.15, -0.1) is 0 Å². The molecule has 0 atom stereocenters. The van der Waals surface area contributed by atoms with Crippen LogP contribution in [0.5, 0.6) is 5.75 Å². The predicted octanol–water partition coefficient (Wildman–Crippen LogP) is 2.69. The first kappa shape index (κ1) is 20.2. The average molecular weight is 410 g/mol. The van der Waals surface area contributed by atoms with Crippen molar-refractivity contribution < 1.29 is 26.7 Å². The second-order valence-corrected chi connectivity index (χ2v) is 8.34. The lowest BCUT2D eigenvalue weighted by Gasteiger charge is -2.19. The van der Waals surface area contributed by atoms with E-state index < -0.39 is 27.6 Å². The van der Waals surface area contributed by atoms with Crippen molar-refractivity contribution in [3.63, 3.8) is 0 Å². The highest BCUT2D eigenvalue weighted by Crippen LogP contribution is 2.28. The Balaban J connectivity index is 1.85. The minimum absolute atomic E-state index is 0.0978. The molecule has 2 aromatic carbocycles. The molecule has 0 aromatic heterocycles. The van der Waals surface area contributed by atoms with Crippen LogP contribution in [0.15, 0.2) is 41.3 Å². The minimum Gasteiger partial charge on any atom is -0.495 e. The Morgan fingerprint density at radius 1 is 1.21 bits per heavy atom. The Labute approximate surface area is 162 Å². The number of nitrogens with zero attached hydrogens (tertiary/aromatic N) is 1. The molecule has 0 saturated heterocycles. The van der Waals surface area contributed by atoms with Gasteiger partial charge in [-0.05, 0) is 37.1 Å². The van der Waals surface area contributed by atoms with Gasteiger partial charge < -0.3 is 9.64 Å². The van der Waals surface area contributed by atoms with Gasteiger partial charge in [-0.1, -0.05) is 6.07 Å². The summed E-state index contributed by atoms with van der Waals surface area (Å²) in [4.78, 5) is 13.8. The van der Waals surface area contributed by atoms with E-state index in [1.54, 1.807) is 0 Å². The van der Waals surface area contributed by atoms with E-state index in [-0.39, 0.29) is 34.4 Å². The fourth-order valence-electron chi connectivity index (χ4n) is 2.70. The molecule has 1 aliphatic rings. The number of carbonyl (C=O) groups excluding carboxylic acids is 1. The van der Waals surface area contributed by atoms with Gasteiger partial charge in [0.2, 0.25) is 10.0 Å². The number of methoxy groups -OCH3 is 1. The summed E-state index contributed by atoms with van der Waals surface area (Å²) in [5.41, 5.74) is 0.260. The van der Waals surface area contributed by atoms with Gasteiger partial charge in [0.25, 0.3) is 5.91 Å². The topological polar surface area (TPSA) is 75.7 Å². The van der Waals surface area contributed by atoms with Crippen molar-refractivity contribution in [1.29, 1.82) is 0 Å². The smallest absolute Gasteiger partial charge is 0.253 e. The highest BCUT2D eigenvalue weighted by atomic mass is 32.2. The first-order valence-electron chi connectivity index (χ1n) is 8.61. The molecule has 1 saturated carbocycles. The molecule has 150 valence electrons. The summed E-state index contributed by atoms with van der Waals surface area (Å²) in [6, 6.07) is 7.10. The number of sulfonamides is 1. The fraction of sp³-hybridized carbons (Fsp3) is 0.316. The van der Waals surface area contributed by atoms with Gasteiger partial charge in [-0.2, -0.15) is 0 Å². The molecule has 0 aliphatic heterocycles. The van der Waals surface area contributed by atoms with Gasteiger partial charge >= 0.3 is 0 Å². The fourth-order valence-corrected chi connectivity index (χ4v) is 4.20. The van der Waals surface area contributed by atoms with E-state index in [4.69, 9.17) is 4.74 Å². The van der Waals surface area contributed by atoms with Crippen LogP contribution in [0.1, 0.15) is 28.8 Å². The highest BCUT2D eigenvalue weighted by molar-refractivity contribution is 7.89. The third kappa shape index (κ3) is 4.48. The molecule has 9 heteroatoms. The summed E-state index contributed by atoms with van der Waals surface area (Å²) >= 11 is 0. The number of hydrogen-bond acceptors (Lipinski definition) is 4. The van der Waals surface area contributed by atoms with Crippen LogP contribution in [-0.4, -0.2) is 39.4 Å². The van der Waals surface area contributed by atoms with Crippen LogP contribution >= 0.6 is 0 Å². The normalized spacial score (nSPS) is 14.0. The molecule has 1 amide bonds. The summed E-state index contributed by atoms with van der Waals surface area (Å²) in [6.07, 6.45) is 1.54. The van der Waals surface area contributed by atoms with Gasteiger partial charge in [0, 0.05) is 36.8 Å². The lowest BCUT2D eigenvalue weighted by Crippen LogP contribution is -2.28. The van der Waals surface area contributed by atoms with Gasteiger partial charge in [-0.25, -0.2) is 21.9 Å². The van der Waals surface area contributed by atoms with Crippen molar-refractivity contribution in [2.24, 2.45) is 0 Å². The molecule has 0 spiro atoms. The largest absolute Gasteiger partial charge is 0.495 e. The van der Waals surface area contributed by atoms with E-state index in [0.29, 0.717) is 0 Å². The van der Waals surface area contributed by atoms with E-state index in [0.717, 1.165) is 25.0 Å². The second-order valence-electron chi connectivity index (χ2n) is 6.66. The number of ether oxygens (including phenoxy) is 1. The highest BCUT2D eigenvalue weighted by Gasteiger charge is 2.30. The SMILES string of the molecule is COc1ccc(C(=O)N(C)Cc2ccc(F)cc2F)cc1S(=O)(=O)NC1CC1. The lowest BCUT2D eigenvalue weighted by atomic mass is 10.1. The summed E-state index contributed by atoms with van der Waals surface area (Å²) < 4.78 is 59.7. The van der Waals surface area contributed by atoms with Crippen molar-refractivity contribution >= 4 is 15.9 Å². The third-order valence-electron chi connectivity index (χ3n) is 4.37. The zero-order valence-corrected chi connectivity index (χ0v) is 16.2.